The Bertz CT molecular complexity index is 1490. The maximum Gasteiger partial charge on any atom is 0.316 e. The van der Waals surface area contributed by atoms with Crippen molar-refractivity contribution >= 4 is 11.9 Å². The van der Waals surface area contributed by atoms with Gasteiger partial charge in [-0.15, -0.1) is 0 Å². The lowest BCUT2D eigenvalue weighted by atomic mass is 9.83. The highest BCUT2D eigenvalue weighted by Gasteiger charge is 2.50. The number of hydrogen-bond donors (Lipinski definition) is 1. The molecule has 1 unspecified atom stereocenters. The maximum atomic E-state index is 13.5. The van der Waals surface area contributed by atoms with Crippen molar-refractivity contribution in [2.45, 2.75) is 83.8 Å². The fourth-order valence-corrected chi connectivity index (χ4v) is 5.91. The van der Waals surface area contributed by atoms with E-state index in [-0.39, 0.29) is 23.4 Å². The zero-order chi connectivity index (χ0) is 30.5. The van der Waals surface area contributed by atoms with Crippen LogP contribution in [0.1, 0.15) is 82.8 Å². The van der Waals surface area contributed by atoms with Crippen molar-refractivity contribution in [1.29, 1.82) is 0 Å². The van der Waals surface area contributed by atoms with E-state index in [1.807, 2.05) is 87.5 Å². The lowest BCUT2D eigenvalue weighted by molar-refractivity contribution is -0.159. The molecule has 2 aliphatic carbocycles. The molecule has 3 aromatic rings. The minimum absolute atomic E-state index is 0.0507. The van der Waals surface area contributed by atoms with Crippen LogP contribution < -0.4 is 10.9 Å². The number of ether oxygens (including phenoxy) is 1. The molecule has 2 aliphatic rings. The van der Waals surface area contributed by atoms with Crippen molar-refractivity contribution in [1.82, 2.24) is 15.1 Å². The second-order valence-electron chi connectivity index (χ2n) is 13.0. The predicted molar refractivity (Wildman–Crippen MR) is 168 cm³/mol. The Morgan fingerprint density at radius 2 is 1.72 bits per heavy atom. The SMILES string of the molecule is CC(C)(C)OC(=O)C1(C=CCCNC(=O)C(c2ccc(Cn3nc(-c4ccccc4)ccc3=O)cc2)C2CCCC2)CC1. The van der Waals surface area contributed by atoms with Crippen LogP contribution in [-0.4, -0.2) is 33.8 Å². The molecular weight excluding hydrogens is 538 g/mol. The number of aromatic nitrogens is 2. The number of nitrogens with one attached hydrogen (secondary N) is 1. The van der Waals surface area contributed by atoms with Crippen molar-refractivity contribution in [3.05, 3.63) is 100 Å². The minimum atomic E-state index is -0.496. The summed E-state index contributed by atoms with van der Waals surface area (Å²) in [6.07, 6.45) is 10.6. The summed E-state index contributed by atoms with van der Waals surface area (Å²) in [5.74, 6) is -0.00109. The van der Waals surface area contributed by atoms with Gasteiger partial charge in [-0.25, -0.2) is 4.68 Å². The van der Waals surface area contributed by atoms with Crippen LogP contribution in [0.15, 0.2) is 83.7 Å². The number of nitrogens with zero attached hydrogens (tertiary/aromatic N) is 2. The molecule has 0 radical (unpaired) electrons. The van der Waals surface area contributed by atoms with Crippen molar-refractivity contribution in [3.8, 4) is 11.3 Å². The van der Waals surface area contributed by atoms with Gasteiger partial charge in [0, 0.05) is 18.2 Å². The lowest BCUT2D eigenvalue weighted by Crippen LogP contribution is -2.33. The Kier molecular flexibility index (Phi) is 9.28. The Morgan fingerprint density at radius 1 is 1.02 bits per heavy atom. The van der Waals surface area contributed by atoms with Crippen LogP contribution in [-0.2, 0) is 20.9 Å². The molecule has 1 heterocycles. The predicted octanol–water partition coefficient (Wildman–Crippen LogP) is 6.42. The van der Waals surface area contributed by atoms with Crippen molar-refractivity contribution < 1.29 is 14.3 Å². The molecule has 0 aliphatic heterocycles. The number of carbonyl (C=O) groups is 2. The first-order valence-corrected chi connectivity index (χ1v) is 15.5. The molecule has 2 aromatic carbocycles. The Morgan fingerprint density at radius 3 is 2.37 bits per heavy atom. The van der Waals surface area contributed by atoms with Gasteiger partial charge in [-0.2, -0.15) is 5.10 Å². The molecule has 5 rings (SSSR count). The van der Waals surface area contributed by atoms with E-state index in [1.54, 1.807) is 12.1 Å². The molecule has 0 saturated heterocycles. The number of esters is 1. The fourth-order valence-electron chi connectivity index (χ4n) is 5.91. The van der Waals surface area contributed by atoms with Crippen LogP contribution in [0.5, 0.6) is 0 Å². The van der Waals surface area contributed by atoms with Gasteiger partial charge < -0.3 is 10.1 Å². The van der Waals surface area contributed by atoms with Gasteiger partial charge in [0.25, 0.3) is 5.56 Å². The van der Waals surface area contributed by atoms with E-state index in [0.29, 0.717) is 25.4 Å². The standard InChI is InChI=1S/C36H43N3O4/c1-35(2,3)43-34(42)36(22-23-36)21-9-10-24-37-33(41)32(28-13-7-8-14-28)29-17-15-26(16-18-29)25-39-31(40)20-19-30(38-39)27-11-5-4-6-12-27/h4-6,9,11-12,15-21,28,32H,7-8,10,13-14,22-25H2,1-3H3,(H,37,41). The summed E-state index contributed by atoms with van der Waals surface area (Å²) in [7, 11) is 0. The summed E-state index contributed by atoms with van der Waals surface area (Å²) in [5, 5.41) is 7.74. The highest BCUT2D eigenvalue weighted by atomic mass is 16.6. The van der Waals surface area contributed by atoms with Gasteiger partial charge in [0.15, 0.2) is 0 Å². The molecule has 7 heteroatoms. The molecule has 1 aromatic heterocycles. The summed E-state index contributed by atoms with van der Waals surface area (Å²) >= 11 is 0. The smallest absolute Gasteiger partial charge is 0.316 e. The third-order valence-corrected chi connectivity index (χ3v) is 8.40. The van der Waals surface area contributed by atoms with Crippen LogP contribution in [0.25, 0.3) is 11.3 Å². The van der Waals surface area contributed by atoms with Crippen LogP contribution in [0.2, 0.25) is 0 Å². The largest absolute Gasteiger partial charge is 0.459 e. The van der Waals surface area contributed by atoms with E-state index in [0.717, 1.165) is 60.9 Å². The molecule has 1 N–H and O–H groups in total. The monoisotopic (exact) mass is 581 g/mol. The van der Waals surface area contributed by atoms with E-state index in [2.05, 4.69) is 10.4 Å². The summed E-state index contributed by atoms with van der Waals surface area (Å²) in [5.41, 5.74) is 2.53. The molecule has 1 amide bonds. The topological polar surface area (TPSA) is 90.3 Å². The van der Waals surface area contributed by atoms with Crippen LogP contribution in [0, 0.1) is 11.3 Å². The van der Waals surface area contributed by atoms with Gasteiger partial charge in [0.2, 0.25) is 5.91 Å². The third-order valence-electron chi connectivity index (χ3n) is 8.40. The molecule has 0 spiro atoms. The number of hydrogen-bond acceptors (Lipinski definition) is 5. The van der Waals surface area contributed by atoms with Gasteiger partial charge in [-0.1, -0.05) is 79.6 Å². The van der Waals surface area contributed by atoms with Gasteiger partial charge in [0.05, 0.1) is 23.6 Å². The minimum Gasteiger partial charge on any atom is -0.459 e. The zero-order valence-electron chi connectivity index (χ0n) is 25.6. The molecule has 7 nitrogen and oxygen atoms in total. The van der Waals surface area contributed by atoms with Crippen molar-refractivity contribution in [3.63, 3.8) is 0 Å². The lowest BCUT2D eigenvalue weighted by Gasteiger charge is -2.23. The highest BCUT2D eigenvalue weighted by Crippen LogP contribution is 2.49. The first-order valence-electron chi connectivity index (χ1n) is 15.5. The quantitative estimate of drug-likeness (QED) is 0.160. The van der Waals surface area contributed by atoms with E-state index in [4.69, 9.17) is 4.74 Å². The number of carbonyl (C=O) groups excluding carboxylic acids is 2. The first kappa shape index (κ1) is 30.5. The molecule has 43 heavy (non-hydrogen) atoms. The van der Waals surface area contributed by atoms with E-state index >= 15 is 0 Å². The van der Waals surface area contributed by atoms with E-state index in [1.165, 1.54) is 4.68 Å². The summed E-state index contributed by atoms with van der Waals surface area (Å²) in [6.45, 7) is 6.54. The first-order chi connectivity index (χ1) is 20.6. The summed E-state index contributed by atoms with van der Waals surface area (Å²) in [6, 6.07) is 21.2. The van der Waals surface area contributed by atoms with Crippen LogP contribution in [0.3, 0.4) is 0 Å². The van der Waals surface area contributed by atoms with Crippen LogP contribution in [0.4, 0.5) is 0 Å². The molecule has 226 valence electrons. The second-order valence-corrected chi connectivity index (χ2v) is 13.0. The summed E-state index contributed by atoms with van der Waals surface area (Å²) in [4.78, 5) is 38.6. The Labute approximate surface area is 254 Å². The van der Waals surface area contributed by atoms with E-state index < -0.39 is 11.0 Å². The van der Waals surface area contributed by atoms with Gasteiger partial charge in [-0.05, 0) is 76.0 Å². The number of amides is 1. The normalized spacial score (nSPS) is 17.1. The molecule has 0 bridgehead atoms. The van der Waals surface area contributed by atoms with Crippen LogP contribution >= 0.6 is 0 Å². The maximum absolute atomic E-state index is 13.5. The number of benzene rings is 2. The average molecular weight is 582 g/mol. The molecular formula is C36H43N3O4. The Hall–Kier alpha value is -4.00. The molecule has 1 atom stereocenters. The zero-order valence-corrected chi connectivity index (χ0v) is 25.6. The third kappa shape index (κ3) is 7.89. The number of rotatable bonds is 11. The second kappa shape index (κ2) is 13.1. The van der Waals surface area contributed by atoms with Gasteiger partial charge in [-0.3, -0.25) is 14.4 Å². The van der Waals surface area contributed by atoms with E-state index in [9.17, 15) is 14.4 Å². The van der Waals surface area contributed by atoms with Crippen molar-refractivity contribution in [2.24, 2.45) is 11.3 Å². The van der Waals surface area contributed by atoms with Gasteiger partial charge in [0.1, 0.15) is 5.60 Å². The summed E-state index contributed by atoms with van der Waals surface area (Å²) < 4.78 is 7.08. The molecule has 2 saturated carbocycles. The highest BCUT2D eigenvalue weighted by molar-refractivity contribution is 5.84. The van der Waals surface area contributed by atoms with Gasteiger partial charge >= 0.3 is 5.97 Å². The van der Waals surface area contributed by atoms with Crippen molar-refractivity contribution in [2.75, 3.05) is 6.54 Å². The average Bonchev–Trinajstić information content (AvgIpc) is 3.59. The molecule has 2 fully saturated rings. The fraction of sp³-hybridized carbons (Fsp3) is 0.444. The Balaban J connectivity index is 1.21.